The predicted octanol–water partition coefficient (Wildman–Crippen LogP) is 5.58. The minimum Gasteiger partial charge on any atom is -0.488 e. The van der Waals surface area contributed by atoms with E-state index in [-0.39, 0.29) is 18.2 Å². The molecule has 1 amide bonds. The molecule has 0 saturated carbocycles. The van der Waals surface area contributed by atoms with Gasteiger partial charge in [0, 0.05) is 11.6 Å². The molecule has 32 heavy (non-hydrogen) atoms. The maximum atomic E-state index is 13.0. The summed E-state index contributed by atoms with van der Waals surface area (Å²) in [5.74, 6) is 0.372. The van der Waals surface area contributed by atoms with Crippen LogP contribution in [-0.4, -0.2) is 20.1 Å². The fourth-order valence-electron chi connectivity index (χ4n) is 3.24. The highest BCUT2D eigenvalue weighted by molar-refractivity contribution is 8.26. The molecule has 8 heteroatoms. The third-order valence-electron chi connectivity index (χ3n) is 4.83. The molecule has 0 unspecified atom stereocenters. The van der Waals surface area contributed by atoms with Crippen LogP contribution in [0, 0.1) is 10.1 Å². The molecule has 0 aliphatic carbocycles. The van der Waals surface area contributed by atoms with Crippen molar-refractivity contribution < 1.29 is 14.5 Å². The summed E-state index contributed by atoms with van der Waals surface area (Å²) in [7, 11) is 0. The first-order chi connectivity index (χ1) is 15.5. The van der Waals surface area contributed by atoms with Crippen molar-refractivity contribution in [3.05, 3.63) is 111 Å². The molecule has 1 aliphatic rings. The van der Waals surface area contributed by atoms with Crippen LogP contribution in [0.25, 0.3) is 6.08 Å². The Bertz CT molecular complexity index is 1210. The van der Waals surface area contributed by atoms with Crippen LogP contribution >= 0.6 is 24.0 Å². The summed E-state index contributed by atoms with van der Waals surface area (Å²) in [6, 6.07) is 23.4. The average Bonchev–Trinajstić information content (AvgIpc) is 3.06. The monoisotopic (exact) mass is 462 g/mol. The van der Waals surface area contributed by atoms with E-state index in [9.17, 15) is 14.9 Å². The second-order valence-electron chi connectivity index (χ2n) is 6.97. The highest BCUT2D eigenvalue weighted by Gasteiger charge is 2.32. The Morgan fingerprint density at radius 1 is 1.00 bits per heavy atom. The molecule has 0 N–H and O–H groups in total. The van der Waals surface area contributed by atoms with E-state index in [1.807, 2.05) is 48.5 Å². The van der Waals surface area contributed by atoms with Gasteiger partial charge in [-0.2, -0.15) is 0 Å². The molecule has 0 aromatic heterocycles. The third-order valence-corrected chi connectivity index (χ3v) is 6.21. The number of hydrogen-bond donors (Lipinski definition) is 0. The number of nitro groups is 1. The number of amides is 1. The van der Waals surface area contributed by atoms with Gasteiger partial charge in [0.25, 0.3) is 11.6 Å². The number of nitro benzene ring substituents is 1. The number of hydrogen-bond acceptors (Lipinski definition) is 6. The van der Waals surface area contributed by atoms with Gasteiger partial charge in [0.15, 0.2) is 0 Å². The highest BCUT2D eigenvalue weighted by atomic mass is 32.2. The molecule has 1 heterocycles. The van der Waals surface area contributed by atoms with Crippen molar-refractivity contribution >= 4 is 46.0 Å². The summed E-state index contributed by atoms with van der Waals surface area (Å²) in [5, 5.41) is 11.2. The predicted molar refractivity (Wildman–Crippen MR) is 129 cm³/mol. The van der Waals surface area contributed by atoms with E-state index in [2.05, 4.69) is 0 Å². The Hall–Kier alpha value is -3.49. The Kier molecular flexibility index (Phi) is 6.63. The average molecular weight is 463 g/mol. The van der Waals surface area contributed by atoms with Gasteiger partial charge >= 0.3 is 0 Å². The normalized spacial score (nSPS) is 14.8. The van der Waals surface area contributed by atoms with Crippen molar-refractivity contribution in [2.24, 2.45) is 0 Å². The van der Waals surface area contributed by atoms with E-state index >= 15 is 0 Å². The van der Waals surface area contributed by atoms with Crippen LogP contribution in [-0.2, 0) is 17.9 Å². The Balaban J connectivity index is 1.53. The number of benzene rings is 3. The van der Waals surface area contributed by atoms with Gasteiger partial charge in [0.2, 0.25) is 0 Å². The lowest BCUT2D eigenvalue weighted by Gasteiger charge is -2.14. The maximum absolute atomic E-state index is 13.0. The minimum atomic E-state index is -0.428. The first kappa shape index (κ1) is 21.7. The number of ether oxygens (including phenoxy) is 1. The van der Waals surface area contributed by atoms with Crippen molar-refractivity contribution in [1.29, 1.82) is 0 Å². The van der Waals surface area contributed by atoms with Gasteiger partial charge in [0.05, 0.1) is 21.9 Å². The van der Waals surface area contributed by atoms with Crippen molar-refractivity contribution in [1.82, 2.24) is 4.90 Å². The minimum absolute atomic E-state index is 0.00626. The van der Waals surface area contributed by atoms with E-state index in [4.69, 9.17) is 17.0 Å². The number of thiocarbonyl (C=S) groups is 1. The van der Waals surface area contributed by atoms with Crippen LogP contribution in [0.4, 0.5) is 5.69 Å². The molecule has 1 saturated heterocycles. The molecule has 0 spiro atoms. The lowest BCUT2D eigenvalue weighted by Crippen LogP contribution is -2.27. The van der Waals surface area contributed by atoms with Gasteiger partial charge in [-0.3, -0.25) is 19.8 Å². The standard InChI is InChI=1S/C24H18N2O4S2/c27-23-22(32-24(31)25(23)15-17-8-2-1-3-9-17)14-18-10-5-7-13-21(18)30-16-19-11-4-6-12-20(19)26(28)29/h1-14H,15-16H2/b22-14-. The summed E-state index contributed by atoms with van der Waals surface area (Å²) in [6.07, 6.45) is 1.75. The number of para-hydroxylation sites is 2. The zero-order valence-corrected chi connectivity index (χ0v) is 18.5. The van der Waals surface area contributed by atoms with E-state index in [0.29, 0.717) is 32.6 Å². The van der Waals surface area contributed by atoms with E-state index in [1.165, 1.54) is 17.8 Å². The van der Waals surface area contributed by atoms with Crippen molar-refractivity contribution in [3.8, 4) is 5.75 Å². The summed E-state index contributed by atoms with van der Waals surface area (Å²) in [5.41, 5.74) is 2.18. The number of rotatable bonds is 7. The smallest absolute Gasteiger partial charge is 0.276 e. The highest BCUT2D eigenvalue weighted by Crippen LogP contribution is 2.35. The maximum Gasteiger partial charge on any atom is 0.276 e. The fraction of sp³-hybridized carbons (Fsp3) is 0.0833. The van der Waals surface area contributed by atoms with Crippen molar-refractivity contribution in [2.45, 2.75) is 13.2 Å². The van der Waals surface area contributed by atoms with Crippen LogP contribution < -0.4 is 4.74 Å². The van der Waals surface area contributed by atoms with Crippen molar-refractivity contribution in [3.63, 3.8) is 0 Å². The summed E-state index contributed by atoms with van der Waals surface area (Å²) >= 11 is 6.68. The number of thioether (sulfide) groups is 1. The Morgan fingerprint density at radius 2 is 1.69 bits per heavy atom. The van der Waals surface area contributed by atoms with Crippen LogP contribution in [0.3, 0.4) is 0 Å². The third kappa shape index (κ3) is 4.87. The molecule has 0 bridgehead atoms. The van der Waals surface area contributed by atoms with Crippen molar-refractivity contribution in [2.75, 3.05) is 0 Å². The van der Waals surface area contributed by atoms with E-state index in [0.717, 1.165) is 5.56 Å². The first-order valence-electron chi connectivity index (χ1n) is 9.76. The SMILES string of the molecule is O=C1/C(=C/c2ccccc2OCc2ccccc2[N+](=O)[O-])SC(=S)N1Cc1ccccc1. The second kappa shape index (κ2) is 9.76. The molecule has 3 aromatic rings. The van der Waals surface area contributed by atoms with Crippen LogP contribution in [0.2, 0.25) is 0 Å². The zero-order valence-electron chi connectivity index (χ0n) is 16.8. The zero-order chi connectivity index (χ0) is 22.5. The van der Waals surface area contributed by atoms with Gasteiger partial charge in [-0.25, -0.2) is 0 Å². The quantitative estimate of drug-likeness (QED) is 0.198. The molecule has 1 aliphatic heterocycles. The van der Waals surface area contributed by atoms with Gasteiger partial charge in [0.1, 0.15) is 16.7 Å². The summed E-state index contributed by atoms with van der Waals surface area (Å²) in [6.45, 7) is 0.454. The summed E-state index contributed by atoms with van der Waals surface area (Å²) in [4.78, 5) is 25.9. The Labute approximate surface area is 194 Å². The first-order valence-corrected chi connectivity index (χ1v) is 11.0. The molecule has 160 valence electrons. The Morgan fingerprint density at radius 3 is 2.47 bits per heavy atom. The fourth-order valence-corrected chi connectivity index (χ4v) is 4.49. The molecule has 3 aromatic carbocycles. The second-order valence-corrected chi connectivity index (χ2v) is 8.64. The topological polar surface area (TPSA) is 72.7 Å². The lowest BCUT2D eigenvalue weighted by molar-refractivity contribution is -0.385. The molecule has 0 atom stereocenters. The molecular formula is C24H18N2O4S2. The molecular weight excluding hydrogens is 444 g/mol. The molecule has 1 fully saturated rings. The van der Waals surface area contributed by atoms with Gasteiger partial charge in [-0.15, -0.1) is 0 Å². The van der Waals surface area contributed by atoms with Crippen LogP contribution in [0.1, 0.15) is 16.7 Å². The van der Waals surface area contributed by atoms with Crippen LogP contribution in [0.5, 0.6) is 5.75 Å². The summed E-state index contributed by atoms with van der Waals surface area (Å²) < 4.78 is 6.40. The van der Waals surface area contributed by atoms with Gasteiger partial charge in [-0.1, -0.05) is 84.6 Å². The number of carbonyl (C=O) groups excluding carboxylic acids is 1. The van der Waals surface area contributed by atoms with Crippen LogP contribution in [0.15, 0.2) is 83.8 Å². The molecule has 0 radical (unpaired) electrons. The van der Waals surface area contributed by atoms with Gasteiger partial charge < -0.3 is 4.74 Å². The lowest BCUT2D eigenvalue weighted by atomic mass is 10.1. The largest absolute Gasteiger partial charge is 0.488 e. The van der Waals surface area contributed by atoms with E-state index < -0.39 is 4.92 Å². The number of nitrogens with zero attached hydrogens (tertiary/aromatic N) is 2. The number of carbonyl (C=O) groups is 1. The van der Waals surface area contributed by atoms with Gasteiger partial charge in [-0.05, 0) is 23.8 Å². The molecule has 4 rings (SSSR count). The molecule has 6 nitrogen and oxygen atoms in total. The van der Waals surface area contributed by atoms with E-state index in [1.54, 1.807) is 35.2 Å².